The zero-order chi connectivity index (χ0) is 13.8. The monoisotopic (exact) mass is 274 g/mol. The normalized spacial score (nSPS) is 25.5. The Morgan fingerprint density at radius 1 is 1.25 bits per heavy atom. The van der Waals surface area contributed by atoms with Crippen molar-refractivity contribution in [3.8, 4) is 5.75 Å². The van der Waals surface area contributed by atoms with Crippen molar-refractivity contribution in [3.05, 3.63) is 29.8 Å². The van der Waals surface area contributed by atoms with E-state index in [0.717, 1.165) is 31.8 Å². The Kier molecular flexibility index (Phi) is 4.58. The van der Waals surface area contributed by atoms with Gasteiger partial charge in [0.1, 0.15) is 11.9 Å². The third kappa shape index (κ3) is 3.33. The topological polar surface area (TPSA) is 24.5 Å². The highest BCUT2D eigenvalue weighted by molar-refractivity contribution is 5.37. The lowest BCUT2D eigenvalue weighted by Gasteiger charge is -2.31. The standard InChI is InChI=1S/C17H26N2O/c1-2-19(12-15-8-5-6-10-18-15)13-16-11-14-7-3-4-9-17(14)20-16/h3-4,7,9,15-16,18H,2,5-6,8,10-13H2,1H3. The van der Waals surface area contributed by atoms with Crippen molar-refractivity contribution in [2.24, 2.45) is 0 Å². The number of benzene rings is 1. The highest BCUT2D eigenvalue weighted by atomic mass is 16.5. The van der Waals surface area contributed by atoms with Crippen LogP contribution in [0.4, 0.5) is 0 Å². The largest absolute Gasteiger partial charge is 0.488 e. The first-order valence-electron chi connectivity index (χ1n) is 8.05. The number of rotatable bonds is 5. The highest BCUT2D eigenvalue weighted by Gasteiger charge is 2.25. The van der Waals surface area contributed by atoms with Crippen molar-refractivity contribution in [2.75, 3.05) is 26.2 Å². The van der Waals surface area contributed by atoms with Crippen LogP contribution in [0.5, 0.6) is 5.75 Å². The Balaban J connectivity index is 1.51. The quantitative estimate of drug-likeness (QED) is 0.892. The second-order valence-electron chi connectivity index (χ2n) is 6.05. The molecule has 1 aromatic carbocycles. The predicted molar refractivity (Wildman–Crippen MR) is 82.3 cm³/mol. The molecule has 0 radical (unpaired) electrons. The summed E-state index contributed by atoms with van der Waals surface area (Å²) in [5, 5.41) is 3.64. The van der Waals surface area contributed by atoms with Crippen LogP contribution < -0.4 is 10.1 Å². The lowest BCUT2D eigenvalue weighted by Crippen LogP contribution is -2.46. The van der Waals surface area contributed by atoms with E-state index in [1.165, 1.54) is 31.4 Å². The van der Waals surface area contributed by atoms with Crippen LogP contribution in [0, 0.1) is 0 Å². The van der Waals surface area contributed by atoms with Crippen LogP contribution in [-0.4, -0.2) is 43.2 Å². The maximum Gasteiger partial charge on any atom is 0.123 e. The Bertz CT molecular complexity index is 404. The fourth-order valence-corrected chi connectivity index (χ4v) is 3.37. The first-order chi connectivity index (χ1) is 9.85. The van der Waals surface area contributed by atoms with Crippen LogP contribution in [0.3, 0.4) is 0 Å². The van der Waals surface area contributed by atoms with E-state index in [-0.39, 0.29) is 0 Å². The molecule has 1 aromatic rings. The molecule has 0 spiro atoms. The van der Waals surface area contributed by atoms with Crippen LogP contribution in [0.15, 0.2) is 24.3 Å². The maximum absolute atomic E-state index is 6.07. The van der Waals surface area contributed by atoms with Crippen molar-refractivity contribution >= 4 is 0 Å². The number of fused-ring (bicyclic) bond motifs is 1. The number of ether oxygens (including phenoxy) is 1. The molecule has 2 aliphatic rings. The number of piperidine rings is 1. The zero-order valence-electron chi connectivity index (χ0n) is 12.5. The van der Waals surface area contributed by atoms with Gasteiger partial charge in [-0.15, -0.1) is 0 Å². The van der Waals surface area contributed by atoms with Crippen molar-refractivity contribution in [1.82, 2.24) is 10.2 Å². The molecule has 0 saturated carbocycles. The summed E-state index contributed by atoms with van der Waals surface area (Å²) in [6.45, 7) is 6.75. The Morgan fingerprint density at radius 2 is 2.15 bits per heavy atom. The Morgan fingerprint density at radius 3 is 2.90 bits per heavy atom. The molecule has 0 aromatic heterocycles. The average molecular weight is 274 g/mol. The van der Waals surface area contributed by atoms with Gasteiger partial charge in [0.05, 0.1) is 0 Å². The molecule has 0 amide bonds. The molecule has 3 heteroatoms. The smallest absolute Gasteiger partial charge is 0.123 e. The van der Waals surface area contributed by atoms with Crippen LogP contribution in [0.1, 0.15) is 31.7 Å². The first kappa shape index (κ1) is 13.9. The van der Waals surface area contributed by atoms with E-state index in [4.69, 9.17) is 4.74 Å². The molecule has 2 aliphatic heterocycles. The van der Waals surface area contributed by atoms with E-state index in [1.807, 2.05) is 0 Å². The number of hydrogen-bond acceptors (Lipinski definition) is 3. The molecule has 0 aliphatic carbocycles. The molecular weight excluding hydrogens is 248 g/mol. The van der Waals surface area contributed by atoms with E-state index in [9.17, 15) is 0 Å². The fraction of sp³-hybridized carbons (Fsp3) is 0.647. The van der Waals surface area contributed by atoms with E-state index < -0.39 is 0 Å². The van der Waals surface area contributed by atoms with Gasteiger partial charge in [-0.05, 0) is 37.6 Å². The number of hydrogen-bond donors (Lipinski definition) is 1. The van der Waals surface area contributed by atoms with Gasteiger partial charge in [-0.25, -0.2) is 0 Å². The number of para-hydroxylation sites is 1. The molecule has 3 rings (SSSR count). The van der Waals surface area contributed by atoms with Crippen LogP contribution >= 0.6 is 0 Å². The molecule has 3 nitrogen and oxygen atoms in total. The van der Waals surface area contributed by atoms with Gasteiger partial charge in [-0.1, -0.05) is 31.5 Å². The third-order valence-corrected chi connectivity index (χ3v) is 4.51. The molecule has 1 fully saturated rings. The molecule has 1 N–H and O–H groups in total. The predicted octanol–water partition coefficient (Wildman–Crippen LogP) is 2.45. The second kappa shape index (κ2) is 6.59. The van der Waals surface area contributed by atoms with Gasteiger partial charge in [0.25, 0.3) is 0 Å². The van der Waals surface area contributed by atoms with Crippen LogP contribution in [0.25, 0.3) is 0 Å². The molecule has 2 atom stereocenters. The molecule has 0 bridgehead atoms. The average Bonchev–Trinajstić information content (AvgIpc) is 2.90. The molecule has 110 valence electrons. The van der Waals surface area contributed by atoms with Gasteiger partial charge in [-0.3, -0.25) is 4.90 Å². The maximum atomic E-state index is 6.07. The highest BCUT2D eigenvalue weighted by Crippen LogP contribution is 2.28. The third-order valence-electron chi connectivity index (χ3n) is 4.51. The molecule has 2 unspecified atom stereocenters. The van der Waals surface area contributed by atoms with Gasteiger partial charge in [0.2, 0.25) is 0 Å². The minimum atomic E-state index is 0.330. The summed E-state index contributed by atoms with van der Waals surface area (Å²) >= 11 is 0. The van der Waals surface area contributed by atoms with Crippen molar-refractivity contribution < 1.29 is 4.74 Å². The summed E-state index contributed by atoms with van der Waals surface area (Å²) in [6, 6.07) is 9.12. The molecule has 20 heavy (non-hydrogen) atoms. The summed E-state index contributed by atoms with van der Waals surface area (Å²) < 4.78 is 6.07. The molecule has 2 heterocycles. The minimum Gasteiger partial charge on any atom is -0.488 e. The van der Waals surface area contributed by atoms with Crippen molar-refractivity contribution in [1.29, 1.82) is 0 Å². The van der Waals surface area contributed by atoms with Crippen LogP contribution in [-0.2, 0) is 6.42 Å². The minimum absolute atomic E-state index is 0.330. The van der Waals surface area contributed by atoms with Crippen LogP contribution in [0.2, 0.25) is 0 Å². The zero-order valence-corrected chi connectivity index (χ0v) is 12.5. The van der Waals surface area contributed by atoms with E-state index in [0.29, 0.717) is 12.1 Å². The molecule has 1 saturated heterocycles. The fourth-order valence-electron chi connectivity index (χ4n) is 3.37. The van der Waals surface area contributed by atoms with Gasteiger partial charge in [0.15, 0.2) is 0 Å². The van der Waals surface area contributed by atoms with Gasteiger partial charge in [0, 0.05) is 25.6 Å². The van der Waals surface area contributed by atoms with E-state index >= 15 is 0 Å². The Labute approximate surface area is 122 Å². The second-order valence-corrected chi connectivity index (χ2v) is 6.05. The number of nitrogens with one attached hydrogen (secondary N) is 1. The van der Waals surface area contributed by atoms with E-state index in [2.05, 4.69) is 41.4 Å². The van der Waals surface area contributed by atoms with Crippen molar-refractivity contribution in [3.63, 3.8) is 0 Å². The lowest BCUT2D eigenvalue weighted by atomic mass is 10.0. The molecular formula is C17H26N2O. The summed E-state index contributed by atoms with van der Waals surface area (Å²) in [7, 11) is 0. The summed E-state index contributed by atoms with van der Waals surface area (Å²) in [6.07, 6.45) is 5.42. The SMILES string of the molecule is CCN(CC1CCCCN1)CC1Cc2ccccc2O1. The Hall–Kier alpha value is -1.06. The van der Waals surface area contributed by atoms with Crippen molar-refractivity contribution in [2.45, 2.75) is 44.8 Å². The summed E-state index contributed by atoms with van der Waals surface area (Å²) in [5.41, 5.74) is 1.37. The number of likely N-dealkylation sites (N-methyl/N-ethyl adjacent to an activating group) is 1. The van der Waals surface area contributed by atoms with E-state index in [1.54, 1.807) is 0 Å². The summed E-state index contributed by atoms with van der Waals surface area (Å²) in [4.78, 5) is 2.54. The summed E-state index contributed by atoms with van der Waals surface area (Å²) in [5.74, 6) is 1.09. The van der Waals surface area contributed by atoms with Gasteiger partial charge < -0.3 is 10.1 Å². The van der Waals surface area contributed by atoms with Gasteiger partial charge >= 0.3 is 0 Å². The lowest BCUT2D eigenvalue weighted by molar-refractivity contribution is 0.141. The number of nitrogens with zero attached hydrogens (tertiary/aromatic N) is 1. The first-order valence-corrected chi connectivity index (χ1v) is 8.05. The van der Waals surface area contributed by atoms with Gasteiger partial charge in [-0.2, -0.15) is 0 Å².